The number of aromatic hydroxyl groups is 1. The van der Waals surface area contributed by atoms with Crippen LogP contribution in [0.4, 0.5) is 11.4 Å². The van der Waals surface area contributed by atoms with E-state index in [1.807, 2.05) is 0 Å². The fourth-order valence-electron chi connectivity index (χ4n) is 2.67. The summed E-state index contributed by atoms with van der Waals surface area (Å²) in [4.78, 5) is -0.676. The fourth-order valence-corrected chi connectivity index (χ4v) is 4.31. The number of sulfone groups is 1. The van der Waals surface area contributed by atoms with Crippen molar-refractivity contribution in [3.63, 3.8) is 0 Å². The molecule has 0 bridgehead atoms. The molecule has 0 heterocycles. The number of aliphatic hydroxyl groups excluding tert-OH is 1. The lowest BCUT2D eigenvalue weighted by Crippen LogP contribution is -2.09. The van der Waals surface area contributed by atoms with Crippen molar-refractivity contribution in [2.45, 2.75) is 9.79 Å². The number of aliphatic hydroxyl groups is 1. The first-order chi connectivity index (χ1) is 13.6. The zero-order valence-corrected chi connectivity index (χ0v) is 16.4. The van der Waals surface area contributed by atoms with Crippen molar-refractivity contribution >= 4 is 42.1 Å². The predicted octanol–water partition coefficient (Wildman–Crippen LogP) is 2.97. The van der Waals surface area contributed by atoms with Crippen LogP contribution in [0.15, 0.2) is 74.6 Å². The monoisotopic (exact) mass is 436 g/mol. The van der Waals surface area contributed by atoms with Crippen LogP contribution in [-0.2, 0) is 20.0 Å². The average Bonchev–Trinajstić information content (AvgIpc) is 2.67. The van der Waals surface area contributed by atoms with Crippen LogP contribution in [0.5, 0.6) is 5.75 Å². The first-order valence-electron chi connectivity index (χ1n) is 8.21. The third-order valence-corrected chi connectivity index (χ3v) is 6.64. The van der Waals surface area contributed by atoms with Crippen LogP contribution in [0, 0.1) is 0 Å². The molecule has 9 nitrogen and oxygen atoms in total. The van der Waals surface area contributed by atoms with Gasteiger partial charge in [0.1, 0.15) is 10.6 Å². The van der Waals surface area contributed by atoms with Crippen molar-refractivity contribution in [3.05, 3.63) is 54.6 Å². The third-order valence-electron chi connectivity index (χ3n) is 4.07. The van der Waals surface area contributed by atoms with Gasteiger partial charge in [0.2, 0.25) is 0 Å². The molecule has 3 N–H and O–H groups in total. The number of azo groups is 1. The molecule has 152 valence electrons. The van der Waals surface area contributed by atoms with Crippen LogP contribution in [0.25, 0.3) is 10.8 Å². The van der Waals surface area contributed by atoms with Crippen LogP contribution in [0.1, 0.15) is 0 Å². The predicted molar refractivity (Wildman–Crippen MR) is 105 cm³/mol. The highest BCUT2D eigenvalue weighted by Crippen LogP contribution is 2.38. The largest absolute Gasteiger partial charge is 0.506 e. The van der Waals surface area contributed by atoms with Gasteiger partial charge in [-0.15, -0.1) is 5.11 Å². The number of phenols is 1. The Morgan fingerprint density at radius 3 is 2.07 bits per heavy atom. The van der Waals surface area contributed by atoms with E-state index in [-0.39, 0.29) is 16.0 Å². The molecule has 0 saturated carbocycles. The Bertz CT molecular complexity index is 1300. The number of fused-ring (bicyclic) bond motifs is 1. The zero-order valence-electron chi connectivity index (χ0n) is 14.8. The molecule has 29 heavy (non-hydrogen) atoms. The second kappa shape index (κ2) is 7.87. The lowest BCUT2D eigenvalue weighted by Gasteiger charge is -2.08. The number of nitrogens with zero attached hydrogens (tertiary/aromatic N) is 2. The standard InChI is InChI=1S/C18H16N2O7S2/c21-9-10-28(23,24)13-7-5-12(6-8-13)19-20-16-11-17(29(25,26)27)18(22)15-4-2-1-3-14(15)16/h1-8,11,21-22H,9-10H2,(H,25,26,27). The highest BCUT2D eigenvalue weighted by molar-refractivity contribution is 7.91. The van der Waals surface area contributed by atoms with Crippen LogP contribution < -0.4 is 0 Å². The van der Waals surface area contributed by atoms with Gasteiger partial charge in [-0.1, -0.05) is 24.3 Å². The zero-order chi connectivity index (χ0) is 21.2. The summed E-state index contributed by atoms with van der Waals surface area (Å²) in [7, 11) is -8.29. The summed E-state index contributed by atoms with van der Waals surface area (Å²) in [6, 6.07) is 12.8. The highest BCUT2D eigenvalue weighted by atomic mass is 32.2. The second-order valence-electron chi connectivity index (χ2n) is 6.00. The maximum absolute atomic E-state index is 11.9. The van der Waals surface area contributed by atoms with Gasteiger partial charge in [-0.2, -0.15) is 13.5 Å². The molecule has 0 amide bonds. The molecule has 3 aromatic carbocycles. The highest BCUT2D eigenvalue weighted by Gasteiger charge is 2.20. The molecule has 0 radical (unpaired) electrons. The van der Waals surface area contributed by atoms with Gasteiger partial charge in [-0.25, -0.2) is 8.42 Å². The van der Waals surface area contributed by atoms with E-state index in [9.17, 15) is 26.5 Å². The molecule has 0 saturated heterocycles. The summed E-state index contributed by atoms with van der Waals surface area (Å²) in [6.07, 6.45) is 0. The minimum absolute atomic E-state index is 0.0224. The SMILES string of the molecule is O=S(=O)(O)c1cc(N=Nc2ccc(S(=O)(=O)CCO)cc2)c2ccccc2c1O. The Morgan fingerprint density at radius 1 is 0.862 bits per heavy atom. The summed E-state index contributed by atoms with van der Waals surface area (Å²) < 4.78 is 56.3. The van der Waals surface area contributed by atoms with Gasteiger partial charge in [0, 0.05) is 10.8 Å². The van der Waals surface area contributed by atoms with Crippen molar-refractivity contribution in [2.75, 3.05) is 12.4 Å². The van der Waals surface area contributed by atoms with Crippen LogP contribution in [-0.4, -0.2) is 44.0 Å². The first kappa shape index (κ1) is 20.9. The van der Waals surface area contributed by atoms with Gasteiger partial charge in [-0.3, -0.25) is 4.55 Å². The van der Waals surface area contributed by atoms with Crippen LogP contribution in [0.3, 0.4) is 0 Å². The number of hydrogen-bond donors (Lipinski definition) is 3. The molecular formula is C18H16N2O7S2. The molecule has 0 spiro atoms. The summed E-state index contributed by atoms with van der Waals surface area (Å²) in [5.41, 5.74) is 0.376. The van der Waals surface area contributed by atoms with Crippen molar-refractivity contribution in [2.24, 2.45) is 10.2 Å². The Balaban J connectivity index is 2.04. The van der Waals surface area contributed by atoms with E-state index in [0.717, 1.165) is 6.07 Å². The summed E-state index contributed by atoms with van der Waals surface area (Å²) in [5.74, 6) is -0.994. The lowest BCUT2D eigenvalue weighted by molar-refractivity contribution is 0.319. The molecule has 11 heteroatoms. The molecule has 0 aliphatic carbocycles. The molecule has 0 aliphatic rings. The first-order valence-corrected chi connectivity index (χ1v) is 11.3. The number of phenolic OH excluding ortho intramolecular Hbond substituents is 1. The van der Waals surface area contributed by atoms with Gasteiger partial charge in [0.15, 0.2) is 9.84 Å². The quantitative estimate of drug-likeness (QED) is 0.396. The van der Waals surface area contributed by atoms with E-state index in [1.54, 1.807) is 18.2 Å². The van der Waals surface area contributed by atoms with Gasteiger partial charge in [-0.05, 0) is 30.3 Å². The molecule has 0 fully saturated rings. The fraction of sp³-hybridized carbons (Fsp3) is 0.111. The van der Waals surface area contributed by atoms with Crippen molar-refractivity contribution < 1.29 is 31.6 Å². The summed E-state index contributed by atoms with van der Waals surface area (Å²) in [5, 5.41) is 27.5. The normalized spacial score (nSPS) is 12.6. The molecule has 0 aliphatic heterocycles. The summed E-state index contributed by atoms with van der Waals surface area (Å²) in [6.45, 7) is -0.492. The van der Waals surface area contributed by atoms with E-state index in [2.05, 4.69) is 10.2 Å². The Morgan fingerprint density at radius 2 is 1.48 bits per heavy atom. The number of rotatable bonds is 6. The number of benzene rings is 3. The minimum atomic E-state index is -4.70. The minimum Gasteiger partial charge on any atom is -0.506 e. The average molecular weight is 436 g/mol. The van der Waals surface area contributed by atoms with E-state index in [1.165, 1.54) is 30.3 Å². The summed E-state index contributed by atoms with van der Waals surface area (Å²) >= 11 is 0. The molecular weight excluding hydrogens is 420 g/mol. The lowest BCUT2D eigenvalue weighted by atomic mass is 10.1. The van der Waals surface area contributed by atoms with Crippen LogP contribution >= 0.6 is 0 Å². The van der Waals surface area contributed by atoms with Crippen molar-refractivity contribution in [3.8, 4) is 5.75 Å². The van der Waals surface area contributed by atoms with E-state index < -0.39 is 43.0 Å². The van der Waals surface area contributed by atoms with Gasteiger partial charge >= 0.3 is 0 Å². The van der Waals surface area contributed by atoms with E-state index in [0.29, 0.717) is 11.1 Å². The molecule has 0 atom stereocenters. The molecule has 3 rings (SSSR count). The van der Waals surface area contributed by atoms with Gasteiger partial charge in [0.25, 0.3) is 10.1 Å². The van der Waals surface area contributed by atoms with Crippen molar-refractivity contribution in [1.82, 2.24) is 0 Å². The Labute approximate surface area is 166 Å². The van der Waals surface area contributed by atoms with Crippen LogP contribution in [0.2, 0.25) is 0 Å². The number of hydrogen-bond acceptors (Lipinski definition) is 8. The third kappa shape index (κ3) is 4.43. The molecule has 0 unspecified atom stereocenters. The van der Waals surface area contributed by atoms with Crippen molar-refractivity contribution in [1.29, 1.82) is 0 Å². The Kier molecular flexibility index (Phi) is 5.66. The molecule has 0 aromatic heterocycles. The van der Waals surface area contributed by atoms with E-state index in [4.69, 9.17) is 5.11 Å². The van der Waals surface area contributed by atoms with Gasteiger partial charge in [0.05, 0.1) is 28.6 Å². The smallest absolute Gasteiger partial charge is 0.298 e. The molecule has 3 aromatic rings. The van der Waals surface area contributed by atoms with Gasteiger partial charge < -0.3 is 10.2 Å². The Hall–Kier alpha value is -2.86. The maximum atomic E-state index is 11.9. The van der Waals surface area contributed by atoms with E-state index >= 15 is 0 Å². The maximum Gasteiger partial charge on any atom is 0.298 e. The topological polar surface area (TPSA) is 154 Å². The second-order valence-corrected chi connectivity index (χ2v) is 9.50.